The third-order valence-electron chi connectivity index (χ3n) is 2.45. The second kappa shape index (κ2) is 7.01. The van der Waals surface area contributed by atoms with Crippen molar-refractivity contribution in [3.05, 3.63) is 35.0 Å². The van der Waals surface area contributed by atoms with Crippen molar-refractivity contribution in [3.63, 3.8) is 0 Å². The van der Waals surface area contributed by atoms with Crippen LogP contribution in [0.3, 0.4) is 0 Å². The molecular formula is C14H9F3N4O. The molecule has 0 saturated heterocycles. The predicted molar refractivity (Wildman–Crippen MR) is 70.2 cm³/mol. The monoisotopic (exact) mass is 306 g/mol. The van der Waals surface area contributed by atoms with Crippen LogP contribution >= 0.6 is 0 Å². The Morgan fingerprint density at radius 3 is 2.27 bits per heavy atom. The number of aryl methyl sites for hydroxylation is 1. The molecule has 0 bridgehead atoms. The van der Waals surface area contributed by atoms with Crippen molar-refractivity contribution in [2.24, 2.45) is 0 Å². The first-order valence-electron chi connectivity index (χ1n) is 5.82. The molecule has 1 rings (SSSR count). The zero-order valence-corrected chi connectivity index (χ0v) is 11.3. The molecule has 0 aliphatic rings. The molecule has 0 spiro atoms. The van der Waals surface area contributed by atoms with E-state index in [4.69, 9.17) is 15.8 Å². The SMILES string of the molecule is Cc1cc(OCC(F)(F)F)ccc1NC(C#N)=C(C#N)C#N. The normalized spacial score (nSPS) is 9.86. The molecule has 1 aromatic carbocycles. The molecule has 0 unspecified atom stereocenters. The van der Waals surface area contributed by atoms with E-state index in [9.17, 15) is 13.2 Å². The molecule has 1 aromatic rings. The first-order valence-corrected chi connectivity index (χ1v) is 5.82. The van der Waals surface area contributed by atoms with Gasteiger partial charge in [-0.05, 0) is 30.7 Å². The molecule has 0 radical (unpaired) electrons. The van der Waals surface area contributed by atoms with Crippen molar-refractivity contribution < 1.29 is 17.9 Å². The van der Waals surface area contributed by atoms with Crippen molar-refractivity contribution in [3.8, 4) is 24.0 Å². The summed E-state index contributed by atoms with van der Waals surface area (Å²) < 4.78 is 40.8. The quantitative estimate of drug-likeness (QED) is 0.862. The molecule has 1 N–H and O–H groups in total. The number of halogens is 3. The van der Waals surface area contributed by atoms with E-state index >= 15 is 0 Å². The van der Waals surface area contributed by atoms with E-state index in [1.807, 2.05) is 0 Å². The average molecular weight is 306 g/mol. The van der Waals surface area contributed by atoms with Gasteiger partial charge in [-0.1, -0.05) is 0 Å². The maximum Gasteiger partial charge on any atom is 0.422 e. The number of nitriles is 3. The highest BCUT2D eigenvalue weighted by Crippen LogP contribution is 2.25. The van der Waals surface area contributed by atoms with Crippen LogP contribution in [0.4, 0.5) is 18.9 Å². The Morgan fingerprint density at radius 2 is 1.82 bits per heavy atom. The maximum absolute atomic E-state index is 12.1. The van der Waals surface area contributed by atoms with E-state index in [1.165, 1.54) is 18.2 Å². The van der Waals surface area contributed by atoms with Crippen molar-refractivity contribution in [1.29, 1.82) is 15.8 Å². The van der Waals surface area contributed by atoms with Crippen LogP contribution in [0.1, 0.15) is 5.56 Å². The van der Waals surface area contributed by atoms with Crippen molar-refractivity contribution in [2.45, 2.75) is 13.1 Å². The minimum Gasteiger partial charge on any atom is -0.484 e. The molecule has 0 aliphatic carbocycles. The molecule has 112 valence electrons. The zero-order valence-electron chi connectivity index (χ0n) is 11.3. The van der Waals surface area contributed by atoms with Gasteiger partial charge >= 0.3 is 6.18 Å². The molecule has 0 atom stereocenters. The molecule has 5 nitrogen and oxygen atoms in total. The molecule has 0 amide bonds. The Morgan fingerprint density at radius 1 is 1.18 bits per heavy atom. The minimum atomic E-state index is -4.43. The molecule has 0 heterocycles. The van der Waals surface area contributed by atoms with E-state index in [0.29, 0.717) is 11.3 Å². The number of alkyl halides is 3. The van der Waals surface area contributed by atoms with E-state index in [2.05, 4.69) is 10.1 Å². The number of anilines is 1. The smallest absolute Gasteiger partial charge is 0.422 e. The molecule has 8 heteroatoms. The Bertz CT molecular complexity index is 702. The van der Waals surface area contributed by atoms with Gasteiger partial charge in [-0.25, -0.2) is 0 Å². The number of allylic oxidation sites excluding steroid dienone is 2. The first-order chi connectivity index (χ1) is 10.3. The largest absolute Gasteiger partial charge is 0.484 e. The van der Waals surface area contributed by atoms with Crippen LogP contribution in [0, 0.1) is 40.9 Å². The van der Waals surface area contributed by atoms with Gasteiger partial charge in [-0.2, -0.15) is 29.0 Å². The van der Waals surface area contributed by atoms with Gasteiger partial charge in [-0.15, -0.1) is 0 Å². The number of rotatable bonds is 4. The summed E-state index contributed by atoms with van der Waals surface area (Å²) in [4.78, 5) is 0. The van der Waals surface area contributed by atoms with Crippen molar-refractivity contribution in [1.82, 2.24) is 0 Å². The standard InChI is InChI=1S/C14H9F3N4O/c1-9-4-11(22-8-14(15,16)17)2-3-12(9)21-13(7-20)10(5-18)6-19/h2-4,21H,8H2,1H3. The molecular weight excluding hydrogens is 297 g/mol. The van der Waals surface area contributed by atoms with E-state index in [0.717, 1.165) is 0 Å². The van der Waals surface area contributed by atoms with Crippen LogP contribution in [0.2, 0.25) is 0 Å². The van der Waals surface area contributed by atoms with Gasteiger partial charge in [0.25, 0.3) is 0 Å². The van der Waals surface area contributed by atoms with Gasteiger partial charge in [0.15, 0.2) is 12.2 Å². The van der Waals surface area contributed by atoms with Crippen LogP contribution in [0.5, 0.6) is 5.75 Å². The summed E-state index contributed by atoms with van der Waals surface area (Å²) in [5, 5.41) is 28.9. The van der Waals surface area contributed by atoms with E-state index in [1.54, 1.807) is 25.1 Å². The second-order valence-electron chi connectivity index (χ2n) is 4.09. The fourth-order valence-corrected chi connectivity index (χ4v) is 1.45. The summed E-state index contributed by atoms with van der Waals surface area (Å²) in [6.07, 6.45) is -4.43. The second-order valence-corrected chi connectivity index (χ2v) is 4.09. The van der Waals surface area contributed by atoms with Gasteiger partial charge in [0.05, 0.1) is 0 Å². The predicted octanol–water partition coefficient (Wildman–Crippen LogP) is 3.17. The summed E-state index contributed by atoms with van der Waals surface area (Å²) in [5.74, 6) is 0.0173. The van der Waals surface area contributed by atoms with Gasteiger partial charge in [0, 0.05) is 5.69 Å². The van der Waals surface area contributed by atoms with Crippen LogP contribution < -0.4 is 10.1 Å². The van der Waals surface area contributed by atoms with Gasteiger partial charge in [-0.3, -0.25) is 0 Å². The lowest BCUT2D eigenvalue weighted by atomic mass is 10.1. The van der Waals surface area contributed by atoms with Gasteiger partial charge < -0.3 is 10.1 Å². The molecule has 22 heavy (non-hydrogen) atoms. The summed E-state index contributed by atoms with van der Waals surface area (Å²) in [6.45, 7) is 0.172. The number of hydrogen-bond donors (Lipinski definition) is 1. The molecule has 0 aromatic heterocycles. The lowest BCUT2D eigenvalue weighted by Crippen LogP contribution is -2.19. The fraction of sp³-hybridized carbons (Fsp3) is 0.214. The van der Waals surface area contributed by atoms with Crippen LogP contribution in [-0.4, -0.2) is 12.8 Å². The highest BCUT2D eigenvalue weighted by molar-refractivity contribution is 5.62. The summed E-state index contributed by atoms with van der Waals surface area (Å²) in [7, 11) is 0. The van der Waals surface area contributed by atoms with Crippen LogP contribution in [-0.2, 0) is 0 Å². The van der Waals surface area contributed by atoms with Gasteiger partial charge in [0.2, 0.25) is 0 Å². The number of nitrogens with zero attached hydrogens (tertiary/aromatic N) is 3. The molecule has 0 fully saturated rings. The number of hydrogen-bond acceptors (Lipinski definition) is 5. The minimum absolute atomic E-state index is 0.0173. The maximum atomic E-state index is 12.1. The topological polar surface area (TPSA) is 92.6 Å². The van der Waals surface area contributed by atoms with Gasteiger partial charge in [0.1, 0.15) is 29.7 Å². The highest BCUT2D eigenvalue weighted by Gasteiger charge is 2.28. The number of ether oxygens (including phenoxy) is 1. The Labute approximate surface area is 124 Å². The number of benzene rings is 1. The first kappa shape index (κ1) is 16.9. The average Bonchev–Trinajstić information content (AvgIpc) is 2.46. The van der Waals surface area contributed by atoms with E-state index < -0.39 is 12.8 Å². The molecule has 0 saturated carbocycles. The van der Waals surface area contributed by atoms with Crippen molar-refractivity contribution in [2.75, 3.05) is 11.9 Å². The Kier molecular flexibility index (Phi) is 5.38. The summed E-state index contributed by atoms with van der Waals surface area (Å²) >= 11 is 0. The van der Waals surface area contributed by atoms with Crippen molar-refractivity contribution >= 4 is 5.69 Å². The fourth-order valence-electron chi connectivity index (χ4n) is 1.45. The Hall–Kier alpha value is -3.18. The zero-order chi connectivity index (χ0) is 16.8. The van der Waals surface area contributed by atoms with E-state index in [-0.39, 0.29) is 17.0 Å². The lowest BCUT2D eigenvalue weighted by Gasteiger charge is -2.12. The van der Waals surface area contributed by atoms with Crippen LogP contribution in [0.15, 0.2) is 29.5 Å². The summed E-state index contributed by atoms with van der Waals surface area (Å²) in [6, 6.07) is 8.86. The molecule has 0 aliphatic heterocycles. The lowest BCUT2D eigenvalue weighted by molar-refractivity contribution is -0.153. The third kappa shape index (κ3) is 4.73. The van der Waals surface area contributed by atoms with Crippen LogP contribution in [0.25, 0.3) is 0 Å². The number of nitrogens with one attached hydrogen (secondary N) is 1. The third-order valence-corrected chi connectivity index (χ3v) is 2.45. The summed E-state index contributed by atoms with van der Waals surface area (Å²) in [5.41, 5.74) is 0.234. The highest BCUT2D eigenvalue weighted by atomic mass is 19.4. The Balaban J connectivity index is 2.97.